The number of benzene rings is 1. The fourth-order valence-corrected chi connectivity index (χ4v) is 4.79. The molecule has 1 amide bonds. The van der Waals surface area contributed by atoms with Gasteiger partial charge in [0, 0.05) is 25.0 Å². The molecule has 0 N–H and O–H groups in total. The molecule has 174 valence electrons. The Morgan fingerprint density at radius 2 is 1.85 bits per heavy atom. The van der Waals surface area contributed by atoms with Crippen molar-refractivity contribution in [2.75, 3.05) is 7.05 Å². The molecule has 0 radical (unpaired) electrons. The van der Waals surface area contributed by atoms with E-state index in [-0.39, 0.29) is 28.4 Å². The smallest absolute Gasteiger partial charge is 0.410 e. The Morgan fingerprint density at radius 3 is 2.50 bits per heavy atom. The van der Waals surface area contributed by atoms with Gasteiger partial charge in [-0.3, -0.25) is 0 Å². The number of carbonyl (C=O) groups excluding carboxylic acids is 1. The first-order valence-electron chi connectivity index (χ1n) is 10.2. The van der Waals surface area contributed by atoms with Crippen molar-refractivity contribution in [3.05, 3.63) is 71.7 Å². The number of carbonyl (C=O) groups is 1. The highest BCUT2D eigenvalue weighted by molar-refractivity contribution is 7.90. The second kappa shape index (κ2) is 9.38. The summed E-state index contributed by atoms with van der Waals surface area (Å²) in [5, 5.41) is 19.0. The van der Waals surface area contributed by atoms with Gasteiger partial charge in [0.25, 0.3) is 10.0 Å². The highest BCUT2D eigenvalue weighted by Crippen LogP contribution is 2.30. The molecule has 0 spiro atoms. The van der Waals surface area contributed by atoms with Crippen LogP contribution >= 0.6 is 0 Å². The van der Waals surface area contributed by atoms with Crippen molar-refractivity contribution in [1.29, 1.82) is 10.5 Å². The summed E-state index contributed by atoms with van der Waals surface area (Å²) < 4.78 is 33.6. The lowest BCUT2D eigenvalue weighted by molar-refractivity contribution is 0.0285. The van der Waals surface area contributed by atoms with Gasteiger partial charge in [-0.1, -0.05) is 12.1 Å². The average molecular weight is 478 g/mol. The summed E-state index contributed by atoms with van der Waals surface area (Å²) in [5.74, 6) is 0. The molecular weight excluding hydrogens is 454 g/mol. The Bertz CT molecular complexity index is 1420. The summed E-state index contributed by atoms with van der Waals surface area (Å²) in [6.45, 7) is 5.29. The van der Waals surface area contributed by atoms with Gasteiger partial charge in [0.2, 0.25) is 0 Å². The molecule has 0 saturated carbocycles. The number of aromatic nitrogens is 2. The molecule has 0 saturated heterocycles. The van der Waals surface area contributed by atoms with Crippen LogP contribution in [-0.4, -0.2) is 41.0 Å². The molecule has 2 heterocycles. The van der Waals surface area contributed by atoms with Crippen LogP contribution in [0.1, 0.15) is 37.6 Å². The Balaban J connectivity index is 2.16. The Morgan fingerprint density at radius 1 is 1.15 bits per heavy atom. The maximum Gasteiger partial charge on any atom is 0.410 e. The second-order valence-corrected chi connectivity index (χ2v) is 10.3. The van der Waals surface area contributed by atoms with Crippen LogP contribution in [0.25, 0.3) is 11.3 Å². The van der Waals surface area contributed by atoms with Crippen LogP contribution in [0, 0.1) is 22.7 Å². The monoisotopic (exact) mass is 477 g/mol. The third-order valence-electron chi connectivity index (χ3n) is 4.70. The van der Waals surface area contributed by atoms with Crippen molar-refractivity contribution in [3.8, 4) is 23.4 Å². The molecule has 9 nitrogen and oxygen atoms in total. The molecule has 2 aromatic heterocycles. The maximum absolute atomic E-state index is 13.6. The van der Waals surface area contributed by atoms with Crippen molar-refractivity contribution in [3.63, 3.8) is 0 Å². The van der Waals surface area contributed by atoms with Crippen molar-refractivity contribution in [2.45, 2.75) is 37.8 Å². The number of nitriles is 2. The zero-order chi connectivity index (χ0) is 25.1. The summed E-state index contributed by atoms with van der Waals surface area (Å²) in [6, 6.07) is 14.5. The number of rotatable bonds is 5. The zero-order valence-corrected chi connectivity index (χ0v) is 20.0. The maximum atomic E-state index is 13.6. The zero-order valence-electron chi connectivity index (χ0n) is 19.2. The van der Waals surface area contributed by atoms with Gasteiger partial charge in [0.1, 0.15) is 28.3 Å². The number of ether oxygens (including phenoxy) is 1. The van der Waals surface area contributed by atoms with Gasteiger partial charge < -0.3 is 9.64 Å². The third kappa shape index (κ3) is 5.08. The molecule has 0 aliphatic heterocycles. The van der Waals surface area contributed by atoms with E-state index in [2.05, 4.69) is 4.98 Å². The van der Waals surface area contributed by atoms with E-state index in [9.17, 15) is 23.7 Å². The van der Waals surface area contributed by atoms with Crippen LogP contribution in [0.3, 0.4) is 0 Å². The highest BCUT2D eigenvalue weighted by atomic mass is 32.2. The van der Waals surface area contributed by atoms with Crippen LogP contribution in [-0.2, 0) is 21.3 Å². The van der Waals surface area contributed by atoms with E-state index in [1.807, 2.05) is 12.1 Å². The van der Waals surface area contributed by atoms with E-state index >= 15 is 0 Å². The minimum atomic E-state index is -4.23. The summed E-state index contributed by atoms with van der Waals surface area (Å²) in [7, 11) is -2.69. The van der Waals surface area contributed by atoms with Gasteiger partial charge in [-0.25, -0.2) is 22.2 Å². The molecule has 10 heteroatoms. The van der Waals surface area contributed by atoms with E-state index in [1.165, 1.54) is 42.5 Å². The molecule has 0 atom stereocenters. The molecule has 0 unspecified atom stereocenters. The molecule has 34 heavy (non-hydrogen) atoms. The summed E-state index contributed by atoms with van der Waals surface area (Å²) in [6.07, 6.45) is 2.23. The van der Waals surface area contributed by atoms with Crippen LogP contribution in [0.15, 0.2) is 59.8 Å². The number of hydrogen-bond acceptors (Lipinski definition) is 7. The lowest BCUT2D eigenvalue weighted by Crippen LogP contribution is -2.33. The topological polar surface area (TPSA) is 129 Å². The van der Waals surface area contributed by atoms with E-state index in [4.69, 9.17) is 4.74 Å². The summed E-state index contributed by atoms with van der Waals surface area (Å²) in [4.78, 5) is 17.6. The predicted octanol–water partition coefficient (Wildman–Crippen LogP) is 3.90. The molecular formula is C24H23N5O4S. The molecule has 3 rings (SSSR count). The van der Waals surface area contributed by atoms with E-state index in [1.54, 1.807) is 45.0 Å². The molecule has 1 aromatic carbocycles. The molecule has 0 aliphatic carbocycles. The van der Waals surface area contributed by atoms with Crippen LogP contribution < -0.4 is 0 Å². The van der Waals surface area contributed by atoms with E-state index in [0.717, 1.165) is 3.97 Å². The predicted molar refractivity (Wildman–Crippen MR) is 124 cm³/mol. The fraction of sp³-hybridized carbons (Fsp3) is 0.250. The normalized spacial score (nSPS) is 11.4. The van der Waals surface area contributed by atoms with Gasteiger partial charge in [-0.15, -0.1) is 0 Å². The van der Waals surface area contributed by atoms with Crippen molar-refractivity contribution >= 4 is 16.1 Å². The number of amides is 1. The molecule has 3 aromatic rings. The average Bonchev–Trinajstić information content (AvgIpc) is 3.22. The van der Waals surface area contributed by atoms with E-state index in [0.29, 0.717) is 11.1 Å². The van der Waals surface area contributed by atoms with E-state index < -0.39 is 21.7 Å². The Labute approximate surface area is 198 Å². The minimum absolute atomic E-state index is 0.0127. The Kier molecular flexibility index (Phi) is 6.75. The number of pyridine rings is 1. The van der Waals surface area contributed by atoms with Crippen LogP contribution in [0.4, 0.5) is 4.79 Å². The van der Waals surface area contributed by atoms with Crippen LogP contribution in [0.5, 0.6) is 0 Å². The summed E-state index contributed by atoms with van der Waals surface area (Å²) >= 11 is 0. The van der Waals surface area contributed by atoms with Crippen molar-refractivity contribution in [1.82, 2.24) is 13.9 Å². The molecule has 0 bridgehead atoms. The summed E-state index contributed by atoms with van der Waals surface area (Å²) in [5.41, 5.74) is 0.302. The largest absolute Gasteiger partial charge is 0.444 e. The Hall–Kier alpha value is -4.15. The number of hydrogen-bond donors (Lipinski definition) is 0. The fourth-order valence-electron chi connectivity index (χ4n) is 3.25. The first-order valence-corrected chi connectivity index (χ1v) is 11.7. The lowest BCUT2D eigenvalue weighted by atomic mass is 10.1. The lowest BCUT2D eigenvalue weighted by Gasteiger charge is -2.24. The van der Waals surface area contributed by atoms with Crippen molar-refractivity contribution in [2.24, 2.45) is 0 Å². The van der Waals surface area contributed by atoms with Crippen LogP contribution in [0.2, 0.25) is 0 Å². The quantitative estimate of drug-likeness (QED) is 0.545. The number of nitrogens with zero attached hydrogens (tertiary/aromatic N) is 5. The molecule has 0 fully saturated rings. The highest BCUT2D eigenvalue weighted by Gasteiger charge is 2.27. The van der Waals surface area contributed by atoms with Gasteiger partial charge >= 0.3 is 6.09 Å². The van der Waals surface area contributed by atoms with Gasteiger partial charge in [-0.05, 0) is 56.7 Å². The van der Waals surface area contributed by atoms with Gasteiger partial charge in [0.05, 0.1) is 17.8 Å². The molecule has 0 aliphatic rings. The first kappa shape index (κ1) is 24.5. The van der Waals surface area contributed by atoms with Gasteiger partial charge in [-0.2, -0.15) is 10.5 Å². The SMILES string of the molecule is CN(Cc1cc(-c2cccnc2C#N)n(S(=O)(=O)c2ccccc2C#N)c1)C(=O)OC(C)(C)C. The van der Waals surface area contributed by atoms with Crippen molar-refractivity contribution < 1.29 is 17.9 Å². The second-order valence-electron chi connectivity index (χ2n) is 8.49. The standard InChI is InChI=1S/C24H23N5O4S/c1-24(2,3)33-23(30)28(4)15-17-12-21(19-9-7-11-27-20(19)14-26)29(16-17)34(31,32)22-10-6-5-8-18(22)13-25/h5-12,16H,15H2,1-4H3. The van der Waals surface area contributed by atoms with Gasteiger partial charge in [0.15, 0.2) is 0 Å². The third-order valence-corrected chi connectivity index (χ3v) is 6.43. The first-order chi connectivity index (χ1) is 16.0. The minimum Gasteiger partial charge on any atom is -0.444 e.